The summed E-state index contributed by atoms with van der Waals surface area (Å²) >= 11 is 0. The van der Waals surface area contributed by atoms with E-state index in [1.807, 2.05) is 42.5 Å². The van der Waals surface area contributed by atoms with E-state index >= 15 is 4.79 Å². The van der Waals surface area contributed by atoms with E-state index < -0.39 is 169 Å². The second-order valence-electron chi connectivity index (χ2n) is 29.8. The standard InChI is InChI=1S/C80H99N17O17/c1-43(2)29-59(72(105)88-58(80(113)114)25-26-69(101)102)92-77(110)66-19-11-27-96(66)68(100)40-86-71(104)61(33-47-37-84-56-17-9-6-14-52(47)56)90-73(106)60(30-44(3)4)93-78(111)67-20-12-28-97(67)79(112)64(31-45-21-23-50(99)24-22-45)94-76(109)65(41-98)95-74(107)62(34-48-38-85-57-18-10-7-15-53(48)57)91-75(108)63(35-49-39-82-42-87-49)89-70(103)54(81)32-46-36-83-55-16-8-5-13-51(46)55/h5-10,13-18,21-24,36-39,42-44,54,58-67,83-85,98-99H,11-12,19-20,25-35,40-41,81H2,1-4H3,(H,82,87)(H,86,104)(H,88,105)(H,89,103)(H,90,106)(H,91,108)(H,92,110)(H,93,111)(H,94,109)(H,95,107)(H,101,102)(H,113,114)/t54-,58-,59-,60-,61-,62-,63-,64-,65-,66-,67-/m0/s1. The number of aromatic nitrogens is 5. The molecule has 0 saturated carbocycles. The highest BCUT2D eigenvalue weighted by Gasteiger charge is 2.42. The van der Waals surface area contributed by atoms with Crippen LogP contribution in [0.3, 0.4) is 0 Å². The molecule has 606 valence electrons. The Labute approximate surface area is 655 Å². The number of aromatic hydroxyl groups is 1. The Morgan fingerprint density at radius 1 is 0.491 bits per heavy atom. The number of nitrogens with two attached hydrogens (primary N) is 1. The third-order valence-electron chi connectivity index (χ3n) is 20.4. The Hall–Kier alpha value is -12.5. The van der Waals surface area contributed by atoms with Gasteiger partial charge in [0.05, 0.1) is 25.5 Å². The zero-order valence-electron chi connectivity index (χ0n) is 63.7. The van der Waals surface area contributed by atoms with Gasteiger partial charge in [0.2, 0.25) is 65.0 Å². The van der Waals surface area contributed by atoms with Crippen molar-refractivity contribution in [2.75, 3.05) is 26.2 Å². The van der Waals surface area contributed by atoms with Crippen molar-refractivity contribution < 1.29 is 82.8 Å². The van der Waals surface area contributed by atoms with Crippen molar-refractivity contribution in [1.29, 1.82) is 0 Å². The number of rotatable bonds is 39. The summed E-state index contributed by atoms with van der Waals surface area (Å²) in [5, 5.41) is 66.5. The van der Waals surface area contributed by atoms with Crippen LogP contribution in [0.1, 0.15) is 107 Å². The van der Waals surface area contributed by atoms with E-state index in [4.69, 9.17) is 10.8 Å². The highest BCUT2D eigenvalue weighted by molar-refractivity contribution is 6.00. The molecule has 2 aliphatic heterocycles. The molecule has 0 spiro atoms. The lowest BCUT2D eigenvalue weighted by atomic mass is 10.00. The normalized spacial score (nSPS) is 16.5. The topological polar surface area (TPSA) is 520 Å². The number of nitrogens with zero attached hydrogens (tertiary/aromatic N) is 3. The van der Waals surface area contributed by atoms with E-state index in [0.717, 1.165) is 16.5 Å². The number of nitrogens with one attached hydrogen (secondary N) is 13. The third-order valence-corrected chi connectivity index (χ3v) is 20.4. The number of likely N-dealkylation sites (tertiary alicyclic amines) is 2. The number of carboxylic acid groups (broad SMARTS) is 2. The molecule has 0 unspecified atom stereocenters. The van der Waals surface area contributed by atoms with Gasteiger partial charge in [0, 0.05) is 108 Å². The number of amides is 11. The fourth-order valence-electron chi connectivity index (χ4n) is 14.5. The molecule has 0 aliphatic carbocycles. The lowest BCUT2D eigenvalue weighted by Gasteiger charge is -2.31. The second-order valence-corrected chi connectivity index (χ2v) is 29.8. The minimum Gasteiger partial charge on any atom is -0.508 e. The fourth-order valence-corrected chi connectivity index (χ4v) is 14.5. The monoisotopic (exact) mass is 1570 g/mol. The molecule has 2 aliphatic rings. The Kier molecular flexibility index (Phi) is 28.8. The van der Waals surface area contributed by atoms with Gasteiger partial charge in [0.15, 0.2) is 0 Å². The number of aliphatic carboxylic acids is 2. The quantitative estimate of drug-likeness (QED) is 0.0259. The summed E-state index contributed by atoms with van der Waals surface area (Å²) in [5.74, 6) is -12.2. The third kappa shape index (κ3) is 22.2. The number of para-hydroxylation sites is 3. The van der Waals surface area contributed by atoms with Crippen molar-refractivity contribution in [2.24, 2.45) is 17.6 Å². The fraction of sp³-hybridized carbons (Fsp3) is 0.425. The molecule has 4 aromatic heterocycles. The number of hydrogen-bond acceptors (Lipinski definition) is 17. The molecule has 6 heterocycles. The Bertz CT molecular complexity index is 4770. The molecule has 11 amide bonds. The average Bonchev–Trinajstić information content (AvgIpc) is 1.58. The highest BCUT2D eigenvalue weighted by atomic mass is 16.4. The minimum atomic E-state index is -1.79. The first kappa shape index (κ1) is 84.0. The lowest BCUT2D eigenvalue weighted by molar-refractivity contribution is -0.144. The van der Waals surface area contributed by atoms with Crippen LogP contribution in [-0.2, 0) is 94.4 Å². The van der Waals surface area contributed by atoms with Crippen molar-refractivity contribution in [3.05, 3.63) is 156 Å². The zero-order chi connectivity index (χ0) is 81.9. The van der Waals surface area contributed by atoms with E-state index in [-0.39, 0.29) is 94.9 Å². The van der Waals surface area contributed by atoms with Gasteiger partial charge in [-0.2, -0.15) is 0 Å². The molecule has 8 aromatic rings. The lowest BCUT2D eigenvalue weighted by Crippen LogP contribution is -2.61. The number of phenolic OH excluding ortho intramolecular Hbond substituents is 1. The van der Waals surface area contributed by atoms with Crippen LogP contribution in [0.25, 0.3) is 32.7 Å². The van der Waals surface area contributed by atoms with Gasteiger partial charge >= 0.3 is 11.9 Å². The number of aromatic amines is 4. The number of hydrogen-bond donors (Lipinski definition) is 18. The van der Waals surface area contributed by atoms with Crippen LogP contribution >= 0.6 is 0 Å². The summed E-state index contributed by atoms with van der Waals surface area (Å²) in [6.07, 6.45) is 7.37. The van der Waals surface area contributed by atoms with Gasteiger partial charge in [-0.05, 0) is 116 Å². The van der Waals surface area contributed by atoms with Crippen molar-refractivity contribution in [1.82, 2.24) is 82.6 Å². The number of carbonyl (C=O) groups excluding carboxylic acids is 11. The largest absolute Gasteiger partial charge is 0.508 e. The molecule has 34 nitrogen and oxygen atoms in total. The molecule has 0 radical (unpaired) electrons. The molecule has 2 fully saturated rings. The molecule has 2 saturated heterocycles. The number of carbonyl (C=O) groups is 13. The van der Waals surface area contributed by atoms with E-state index in [0.29, 0.717) is 50.6 Å². The van der Waals surface area contributed by atoms with Gasteiger partial charge in [-0.25, -0.2) is 9.78 Å². The molecule has 4 aromatic carbocycles. The predicted octanol–water partition coefficient (Wildman–Crippen LogP) is 1.41. The van der Waals surface area contributed by atoms with Crippen LogP contribution in [0.5, 0.6) is 5.75 Å². The summed E-state index contributed by atoms with van der Waals surface area (Å²) in [7, 11) is 0. The maximum Gasteiger partial charge on any atom is 0.326 e. The molecular weight excluding hydrogens is 1470 g/mol. The van der Waals surface area contributed by atoms with Crippen LogP contribution in [0, 0.1) is 11.8 Å². The van der Waals surface area contributed by atoms with Gasteiger partial charge in [0.25, 0.3) is 0 Å². The number of aliphatic hydroxyl groups is 1. The summed E-state index contributed by atoms with van der Waals surface area (Å²) in [5.41, 5.74) is 11.6. The van der Waals surface area contributed by atoms with Crippen molar-refractivity contribution >= 4 is 110 Å². The minimum absolute atomic E-state index is 0.00998. The number of phenols is 1. The number of benzene rings is 4. The van der Waals surface area contributed by atoms with E-state index in [1.165, 1.54) is 46.6 Å². The first-order chi connectivity index (χ1) is 54.6. The molecule has 114 heavy (non-hydrogen) atoms. The number of fused-ring (bicyclic) bond motifs is 3. The Balaban J connectivity index is 0.829. The molecule has 0 bridgehead atoms. The zero-order valence-corrected chi connectivity index (χ0v) is 63.7. The number of H-pyrrole nitrogens is 4. The molecule has 19 N–H and O–H groups in total. The number of aliphatic hydroxyl groups excluding tert-OH is 1. The average molecular weight is 1570 g/mol. The van der Waals surface area contributed by atoms with Gasteiger partial charge < -0.3 is 104 Å². The van der Waals surface area contributed by atoms with E-state index in [9.17, 15) is 72.9 Å². The van der Waals surface area contributed by atoms with E-state index in [2.05, 4.69) is 72.8 Å². The maximum absolute atomic E-state index is 15.3. The Morgan fingerprint density at radius 3 is 1.42 bits per heavy atom. The summed E-state index contributed by atoms with van der Waals surface area (Å²) in [4.78, 5) is 202. The van der Waals surface area contributed by atoms with Crippen LogP contribution in [-0.4, -0.2) is 225 Å². The first-order valence-corrected chi connectivity index (χ1v) is 38.1. The van der Waals surface area contributed by atoms with Crippen LogP contribution in [0.2, 0.25) is 0 Å². The Morgan fingerprint density at radius 2 is 0.930 bits per heavy atom. The van der Waals surface area contributed by atoms with Gasteiger partial charge in [-0.15, -0.1) is 0 Å². The van der Waals surface area contributed by atoms with Crippen LogP contribution in [0.15, 0.2) is 128 Å². The summed E-state index contributed by atoms with van der Waals surface area (Å²) in [6, 6.07) is 12.4. The van der Waals surface area contributed by atoms with Crippen molar-refractivity contribution in [3.63, 3.8) is 0 Å². The second kappa shape index (κ2) is 39.1. The van der Waals surface area contributed by atoms with Crippen LogP contribution < -0.4 is 53.6 Å². The maximum atomic E-state index is 15.3. The highest BCUT2D eigenvalue weighted by Crippen LogP contribution is 2.26. The molecule has 10 rings (SSSR count). The summed E-state index contributed by atoms with van der Waals surface area (Å²) in [6.45, 7) is 5.54. The van der Waals surface area contributed by atoms with Gasteiger partial charge in [-0.3, -0.25) is 57.5 Å². The smallest absolute Gasteiger partial charge is 0.326 e. The number of imidazole rings is 1. The first-order valence-electron chi connectivity index (χ1n) is 38.1. The van der Waals surface area contributed by atoms with Crippen LogP contribution in [0.4, 0.5) is 0 Å². The predicted molar refractivity (Wildman–Crippen MR) is 417 cm³/mol. The van der Waals surface area contributed by atoms with Gasteiger partial charge in [-0.1, -0.05) is 94.4 Å². The molecular formula is C80H99N17O17. The molecule has 34 heteroatoms. The van der Waals surface area contributed by atoms with Crippen molar-refractivity contribution in [2.45, 2.75) is 178 Å². The molecule has 11 atom stereocenters. The SMILES string of the molecule is CC(C)C[C@H](NC(=O)[C@@H]1CCCN1C(=O)CNC(=O)[C@H](Cc1c[nH]c2ccccc12)NC(=O)[C@H](CC(C)C)NC(=O)[C@@H]1CCCN1C(=O)[C@H](Cc1ccc(O)cc1)NC(=O)[C@H](CO)NC(=O)[C@H](Cc1c[nH]c2ccccc12)NC(=O)[C@H](Cc1cnc[nH]1)NC(=O)[C@@H](N)Cc1c[nH]c2ccccc12)C(=O)N[C@@H](CCC(=O)O)C(=O)O. The van der Waals surface area contributed by atoms with E-state index in [1.54, 1.807) is 76.6 Å². The summed E-state index contributed by atoms with van der Waals surface area (Å²) < 4.78 is 0. The van der Waals surface area contributed by atoms with Gasteiger partial charge in [0.1, 0.15) is 66.2 Å². The number of carboxylic acids is 2. The van der Waals surface area contributed by atoms with Crippen molar-refractivity contribution in [3.8, 4) is 5.75 Å².